The van der Waals surface area contributed by atoms with Crippen molar-refractivity contribution in [2.24, 2.45) is 5.73 Å². The van der Waals surface area contributed by atoms with Crippen molar-refractivity contribution < 1.29 is 14.2 Å². The van der Waals surface area contributed by atoms with Crippen molar-refractivity contribution in [2.45, 2.75) is 18.8 Å². The summed E-state index contributed by atoms with van der Waals surface area (Å²) < 4.78 is 17.6. The number of nitriles is 1. The minimum Gasteiger partial charge on any atom is -0.493 e. The highest BCUT2D eigenvalue weighted by Crippen LogP contribution is 2.48. The number of hydrogen-bond donors (Lipinski definition) is 2. The summed E-state index contributed by atoms with van der Waals surface area (Å²) in [5.74, 6) is 1.72. The first kappa shape index (κ1) is 18.5. The molecule has 0 aliphatic carbocycles. The Morgan fingerprint density at radius 3 is 2.82 bits per heavy atom. The lowest BCUT2D eigenvalue weighted by molar-refractivity contribution is 0.352. The molecule has 144 valence electrons. The van der Waals surface area contributed by atoms with E-state index >= 15 is 0 Å². The van der Waals surface area contributed by atoms with Gasteiger partial charge in [0.15, 0.2) is 11.5 Å². The molecule has 2 aliphatic heterocycles. The van der Waals surface area contributed by atoms with E-state index in [0.717, 1.165) is 52.0 Å². The summed E-state index contributed by atoms with van der Waals surface area (Å²) in [4.78, 5) is 0. The molecule has 0 fully saturated rings. The SMILES string of the molecule is COc1cc(C2C(C#N)=C(N)Oc3c2ccc2c3CCCN2)cc(Br)c1OC. The van der Waals surface area contributed by atoms with E-state index in [-0.39, 0.29) is 11.8 Å². The van der Waals surface area contributed by atoms with Crippen LogP contribution < -0.4 is 25.3 Å². The van der Waals surface area contributed by atoms with Gasteiger partial charge >= 0.3 is 0 Å². The van der Waals surface area contributed by atoms with E-state index in [4.69, 9.17) is 19.9 Å². The maximum atomic E-state index is 9.81. The topological polar surface area (TPSA) is 89.5 Å². The van der Waals surface area contributed by atoms with Gasteiger partial charge in [0.1, 0.15) is 17.4 Å². The van der Waals surface area contributed by atoms with Gasteiger partial charge in [-0.25, -0.2) is 0 Å². The molecule has 1 unspecified atom stereocenters. The zero-order chi connectivity index (χ0) is 19.8. The highest BCUT2D eigenvalue weighted by Gasteiger charge is 2.34. The summed E-state index contributed by atoms with van der Waals surface area (Å²) >= 11 is 3.55. The van der Waals surface area contributed by atoms with Crippen LogP contribution in [0.5, 0.6) is 17.2 Å². The molecule has 0 aromatic heterocycles. The van der Waals surface area contributed by atoms with Crippen molar-refractivity contribution in [3.05, 3.63) is 56.9 Å². The number of nitrogens with one attached hydrogen (secondary N) is 1. The molecule has 6 nitrogen and oxygen atoms in total. The zero-order valence-corrected chi connectivity index (χ0v) is 17.2. The van der Waals surface area contributed by atoms with Crippen molar-refractivity contribution >= 4 is 21.6 Å². The smallest absolute Gasteiger partial charge is 0.205 e. The lowest BCUT2D eigenvalue weighted by Gasteiger charge is -2.31. The standard InChI is InChI=1S/C21H20BrN3O3/c1-26-17-9-11(8-15(22)20(17)27-2)18-13-5-6-16-12(4-3-7-25-16)19(13)28-21(24)14(18)10-23/h5-6,8-9,18,25H,3-4,7,24H2,1-2H3. The van der Waals surface area contributed by atoms with Gasteiger partial charge in [-0.15, -0.1) is 0 Å². The Balaban J connectivity index is 1.94. The molecule has 1 atom stereocenters. The first-order valence-corrected chi connectivity index (χ1v) is 9.77. The highest BCUT2D eigenvalue weighted by molar-refractivity contribution is 9.10. The molecule has 4 rings (SSSR count). The number of allylic oxidation sites excluding steroid dienone is 1. The summed E-state index contributed by atoms with van der Waals surface area (Å²) in [7, 11) is 3.17. The van der Waals surface area contributed by atoms with E-state index in [1.807, 2.05) is 18.2 Å². The largest absolute Gasteiger partial charge is 0.493 e. The molecule has 0 saturated heterocycles. The van der Waals surface area contributed by atoms with E-state index in [9.17, 15) is 5.26 Å². The number of benzene rings is 2. The second kappa shape index (κ2) is 7.28. The highest BCUT2D eigenvalue weighted by atomic mass is 79.9. The Morgan fingerprint density at radius 2 is 2.11 bits per heavy atom. The molecule has 0 amide bonds. The maximum absolute atomic E-state index is 9.81. The number of nitrogens with two attached hydrogens (primary N) is 1. The van der Waals surface area contributed by atoms with Crippen molar-refractivity contribution in [3.63, 3.8) is 0 Å². The first-order chi connectivity index (χ1) is 13.6. The molecule has 3 N–H and O–H groups in total. The molecule has 0 radical (unpaired) electrons. The molecular formula is C21H20BrN3O3. The van der Waals surface area contributed by atoms with Crippen LogP contribution in [0.3, 0.4) is 0 Å². The molecule has 2 aromatic carbocycles. The van der Waals surface area contributed by atoms with Crippen LogP contribution in [0.4, 0.5) is 5.69 Å². The van der Waals surface area contributed by atoms with E-state index in [0.29, 0.717) is 17.1 Å². The van der Waals surface area contributed by atoms with Crippen LogP contribution in [0.2, 0.25) is 0 Å². The Kier molecular flexibility index (Phi) is 4.82. The molecule has 0 saturated carbocycles. The number of halogens is 1. The van der Waals surface area contributed by atoms with Gasteiger partial charge in [0.2, 0.25) is 5.88 Å². The normalized spacial score (nSPS) is 17.6. The number of methoxy groups -OCH3 is 2. The van der Waals surface area contributed by atoms with Gasteiger partial charge in [-0.05, 0) is 52.5 Å². The number of anilines is 1. The summed E-state index contributed by atoms with van der Waals surface area (Å²) in [6.07, 6.45) is 1.93. The Bertz CT molecular complexity index is 1030. The maximum Gasteiger partial charge on any atom is 0.205 e. The molecule has 2 aromatic rings. The van der Waals surface area contributed by atoms with Gasteiger partial charge in [0.05, 0.1) is 24.6 Å². The van der Waals surface area contributed by atoms with Crippen LogP contribution in [0.25, 0.3) is 0 Å². The van der Waals surface area contributed by atoms with Crippen molar-refractivity contribution in [2.75, 3.05) is 26.1 Å². The summed E-state index contributed by atoms with van der Waals surface area (Å²) in [6.45, 7) is 0.937. The molecule has 2 heterocycles. The summed E-state index contributed by atoms with van der Waals surface area (Å²) in [5, 5.41) is 13.2. The van der Waals surface area contributed by atoms with Crippen LogP contribution in [0.1, 0.15) is 29.0 Å². The molecule has 0 bridgehead atoms. The summed E-state index contributed by atoms with van der Waals surface area (Å²) in [6, 6.07) is 10.1. The van der Waals surface area contributed by atoms with E-state index < -0.39 is 0 Å². The predicted octanol–water partition coefficient (Wildman–Crippen LogP) is 4.04. The van der Waals surface area contributed by atoms with Gasteiger partial charge in [-0.3, -0.25) is 0 Å². The minimum atomic E-state index is -0.350. The van der Waals surface area contributed by atoms with Crippen LogP contribution in [0, 0.1) is 11.3 Å². The lowest BCUT2D eigenvalue weighted by atomic mass is 9.81. The third-order valence-corrected chi connectivity index (χ3v) is 5.79. The monoisotopic (exact) mass is 441 g/mol. The first-order valence-electron chi connectivity index (χ1n) is 8.97. The minimum absolute atomic E-state index is 0.143. The molecule has 28 heavy (non-hydrogen) atoms. The fraction of sp³-hybridized carbons (Fsp3) is 0.286. The molecule has 2 aliphatic rings. The molecule has 7 heteroatoms. The number of fused-ring (bicyclic) bond motifs is 3. The molecule has 0 spiro atoms. The van der Waals surface area contributed by atoms with Crippen LogP contribution >= 0.6 is 15.9 Å². The van der Waals surface area contributed by atoms with Crippen LogP contribution in [-0.2, 0) is 6.42 Å². The fourth-order valence-corrected chi connectivity index (χ4v) is 4.55. The third-order valence-electron chi connectivity index (χ3n) is 5.20. The van der Waals surface area contributed by atoms with Gasteiger partial charge in [-0.2, -0.15) is 5.26 Å². The second-order valence-corrected chi connectivity index (χ2v) is 7.56. The van der Waals surface area contributed by atoms with E-state index in [2.05, 4.69) is 33.4 Å². The van der Waals surface area contributed by atoms with Crippen LogP contribution in [-0.4, -0.2) is 20.8 Å². The fourth-order valence-electron chi connectivity index (χ4n) is 3.93. The number of hydrogen-bond acceptors (Lipinski definition) is 6. The number of rotatable bonds is 3. The van der Waals surface area contributed by atoms with Crippen molar-refractivity contribution in [1.29, 1.82) is 5.26 Å². The van der Waals surface area contributed by atoms with E-state index in [1.54, 1.807) is 14.2 Å². The number of nitrogens with zero attached hydrogens (tertiary/aromatic N) is 1. The Hall–Kier alpha value is -2.85. The molecular weight excluding hydrogens is 422 g/mol. The van der Waals surface area contributed by atoms with Crippen molar-refractivity contribution in [3.8, 4) is 23.3 Å². The van der Waals surface area contributed by atoms with E-state index in [1.165, 1.54) is 0 Å². The predicted molar refractivity (Wildman–Crippen MR) is 110 cm³/mol. The average molecular weight is 442 g/mol. The van der Waals surface area contributed by atoms with Crippen LogP contribution in [0.15, 0.2) is 40.2 Å². The van der Waals surface area contributed by atoms with Gasteiger partial charge in [0.25, 0.3) is 0 Å². The lowest BCUT2D eigenvalue weighted by Crippen LogP contribution is -2.23. The Labute approximate surface area is 172 Å². The summed E-state index contributed by atoms with van der Waals surface area (Å²) in [5.41, 5.74) is 10.5. The van der Waals surface area contributed by atoms with Gasteiger partial charge in [0, 0.05) is 23.4 Å². The van der Waals surface area contributed by atoms with Gasteiger partial charge in [-0.1, -0.05) is 6.07 Å². The average Bonchev–Trinajstić information content (AvgIpc) is 2.72. The number of ether oxygens (including phenoxy) is 3. The second-order valence-electron chi connectivity index (χ2n) is 6.70. The van der Waals surface area contributed by atoms with Gasteiger partial charge < -0.3 is 25.3 Å². The third kappa shape index (κ3) is 2.85. The van der Waals surface area contributed by atoms with Crippen molar-refractivity contribution in [1.82, 2.24) is 0 Å². The Morgan fingerprint density at radius 1 is 1.29 bits per heavy atom. The zero-order valence-electron chi connectivity index (χ0n) is 15.6. The quantitative estimate of drug-likeness (QED) is 0.746.